The van der Waals surface area contributed by atoms with Crippen molar-refractivity contribution in [1.82, 2.24) is 0 Å². The molecule has 2 N–H and O–H groups in total. The molecule has 3 rings (SSSR count). The second kappa shape index (κ2) is 5.58. The molecule has 0 saturated heterocycles. The van der Waals surface area contributed by atoms with Crippen LogP contribution in [-0.4, -0.2) is 27.9 Å². The average Bonchev–Trinajstić information content (AvgIpc) is 2.65. The monoisotopic (exact) mass is 315 g/mol. The number of benzodiazepines with no additional fused rings is 1. The van der Waals surface area contributed by atoms with E-state index in [1.165, 1.54) is 42.5 Å². The van der Waals surface area contributed by atoms with Crippen molar-refractivity contribution < 1.29 is 19.2 Å². The van der Waals surface area contributed by atoms with E-state index >= 15 is 0 Å². The molecule has 8 heteroatoms. The maximum atomic E-state index is 13.1. The van der Waals surface area contributed by atoms with Crippen molar-refractivity contribution in [2.24, 2.45) is 4.99 Å². The number of nitrogens with one attached hydrogen (secondary N) is 1. The first kappa shape index (κ1) is 14.8. The van der Waals surface area contributed by atoms with Crippen LogP contribution in [0.15, 0.2) is 47.5 Å². The second-order valence-electron chi connectivity index (χ2n) is 4.83. The van der Waals surface area contributed by atoms with Crippen LogP contribution in [0, 0.1) is 15.9 Å². The number of hydrogen-bond acceptors (Lipinski definition) is 5. The highest BCUT2D eigenvalue weighted by Gasteiger charge is 2.25. The highest BCUT2D eigenvalue weighted by atomic mass is 19.1. The van der Waals surface area contributed by atoms with Crippen LogP contribution < -0.4 is 5.32 Å². The number of aliphatic hydroxyl groups is 1. The number of aliphatic imine (C=N–C) groups is 1. The normalized spacial score (nSPS) is 16.9. The smallest absolute Gasteiger partial charge is 0.276 e. The van der Waals surface area contributed by atoms with E-state index in [0.29, 0.717) is 5.56 Å². The minimum Gasteiger partial charge on any atom is -0.364 e. The number of carbonyl (C=O) groups excluding carboxylic acids is 1. The number of aliphatic hydroxyl groups excluding tert-OH is 1. The van der Waals surface area contributed by atoms with Gasteiger partial charge in [-0.15, -0.1) is 0 Å². The van der Waals surface area contributed by atoms with E-state index in [0.717, 1.165) is 0 Å². The fourth-order valence-electron chi connectivity index (χ4n) is 2.24. The molecular formula is C15H10FN3O4. The molecule has 7 nitrogen and oxygen atoms in total. The second-order valence-corrected chi connectivity index (χ2v) is 4.83. The van der Waals surface area contributed by atoms with Gasteiger partial charge in [-0.1, -0.05) is 0 Å². The molecule has 116 valence electrons. The third-order valence-electron chi connectivity index (χ3n) is 3.33. The van der Waals surface area contributed by atoms with Crippen molar-refractivity contribution in [3.63, 3.8) is 0 Å². The molecule has 0 aromatic heterocycles. The lowest BCUT2D eigenvalue weighted by Crippen LogP contribution is -2.24. The Morgan fingerprint density at radius 2 is 1.91 bits per heavy atom. The van der Waals surface area contributed by atoms with Crippen LogP contribution in [0.4, 0.5) is 15.8 Å². The Morgan fingerprint density at radius 1 is 1.22 bits per heavy atom. The molecule has 1 atom stereocenters. The highest BCUT2D eigenvalue weighted by Crippen LogP contribution is 2.28. The van der Waals surface area contributed by atoms with Gasteiger partial charge in [-0.05, 0) is 30.3 Å². The summed E-state index contributed by atoms with van der Waals surface area (Å²) < 4.78 is 13.1. The van der Waals surface area contributed by atoms with Crippen molar-refractivity contribution in [2.75, 3.05) is 5.32 Å². The van der Waals surface area contributed by atoms with Crippen LogP contribution in [-0.2, 0) is 4.79 Å². The molecular weight excluding hydrogens is 305 g/mol. The predicted molar refractivity (Wildman–Crippen MR) is 79.8 cm³/mol. The Bertz CT molecular complexity index is 833. The number of carbonyl (C=O) groups is 1. The molecule has 1 unspecified atom stereocenters. The standard InChI is InChI=1S/C15H10FN3O4/c16-9-3-1-8(2-4-9)13-11-7-10(19(22)23)5-6-12(11)17-14(20)15(21)18-13/h1-7,15,21H,(H,17,20). The van der Waals surface area contributed by atoms with Crippen molar-refractivity contribution in [3.8, 4) is 0 Å². The van der Waals surface area contributed by atoms with Gasteiger partial charge in [0.2, 0.25) is 6.23 Å². The largest absolute Gasteiger partial charge is 0.364 e. The number of rotatable bonds is 2. The first-order valence-corrected chi connectivity index (χ1v) is 6.57. The first-order chi connectivity index (χ1) is 11.0. The molecule has 0 fully saturated rings. The molecule has 1 aliphatic heterocycles. The fraction of sp³-hybridized carbons (Fsp3) is 0.0667. The molecule has 0 aliphatic carbocycles. The number of benzene rings is 2. The molecule has 0 bridgehead atoms. The Hall–Kier alpha value is -3.13. The van der Waals surface area contributed by atoms with Gasteiger partial charge >= 0.3 is 0 Å². The number of amides is 1. The van der Waals surface area contributed by atoms with Crippen molar-refractivity contribution >= 4 is 23.0 Å². The zero-order valence-electron chi connectivity index (χ0n) is 11.6. The molecule has 1 aliphatic rings. The molecule has 0 spiro atoms. The van der Waals surface area contributed by atoms with E-state index in [1.54, 1.807) is 0 Å². The topological polar surface area (TPSA) is 105 Å². The maximum Gasteiger partial charge on any atom is 0.276 e. The Morgan fingerprint density at radius 3 is 2.57 bits per heavy atom. The lowest BCUT2D eigenvalue weighted by atomic mass is 10.00. The zero-order chi connectivity index (χ0) is 16.6. The Balaban J connectivity index is 2.22. The molecule has 2 aromatic rings. The van der Waals surface area contributed by atoms with Gasteiger partial charge in [-0.25, -0.2) is 9.38 Å². The summed E-state index contributed by atoms with van der Waals surface area (Å²) in [4.78, 5) is 26.1. The number of nitro benzene ring substituents is 1. The number of hydrogen-bond donors (Lipinski definition) is 2. The molecule has 23 heavy (non-hydrogen) atoms. The SMILES string of the molecule is O=C1Nc2ccc([N+](=O)[O-])cc2C(c2ccc(F)cc2)=NC1O. The van der Waals surface area contributed by atoms with Crippen LogP contribution in [0.5, 0.6) is 0 Å². The van der Waals surface area contributed by atoms with Gasteiger partial charge in [0.05, 0.1) is 16.3 Å². The lowest BCUT2D eigenvalue weighted by molar-refractivity contribution is -0.384. The van der Waals surface area contributed by atoms with Crippen molar-refractivity contribution in [3.05, 3.63) is 69.5 Å². The summed E-state index contributed by atoms with van der Waals surface area (Å²) in [5.74, 6) is -1.21. The number of halogens is 1. The van der Waals surface area contributed by atoms with Crippen LogP contribution in [0.2, 0.25) is 0 Å². The lowest BCUT2D eigenvalue weighted by Gasteiger charge is -2.09. The number of nitro groups is 1. The quantitative estimate of drug-likeness (QED) is 0.651. The summed E-state index contributed by atoms with van der Waals surface area (Å²) >= 11 is 0. The minimum absolute atomic E-state index is 0.162. The van der Waals surface area contributed by atoms with E-state index in [-0.39, 0.29) is 22.6 Å². The third kappa shape index (κ3) is 2.79. The van der Waals surface area contributed by atoms with E-state index in [9.17, 15) is 24.4 Å². The number of anilines is 1. The predicted octanol–water partition coefficient (Wildman–Crippen LogP) is 1.84. The Labute approximate surface area is 129 Å². The highest BCUT2D eigenvalue weighted by molar-refractivity contribution is 6.19. The van der Waals surface area contributed by atoms with Crippen LogP contribution in [0.25, 0.3) is 0 Å². The minimum atomic E-state index is -1.67. The van der Waals surface area contributed by atoms with E-state index in [2.05, 4.69) is 10.3 Å². The average molecular weight is 315 g/mol. The molecule has 1 amide bonds. The molecule has 0 saturated carbocycles. The van der Waals surface area contributed by atoms with Crippen molar-refractivity contribution in [2.45, 2.75) is 6.23 Å². The van der Waals surface area contributed by atoms with Gasteiger partial charge in [0.15, 0.2) is 0 Å². The van der Waals surface area contributed by atoms with E-state index in [4.69, 9.17) is 0 Å². The van der Waals surface area contributed by atoms with E-state index in [1.807, 2.05) is 0 Å². The van der Waals surface area contributed by atoms with Gasteiger partial charge in [0.25, 0.3) is 11.6 Å². The van der Waals surface area contributed by atoms with Crippen LogP contribution in [0.3, 0.4) is 0 Å². The number of fused-ring (bicyclic) bond motifs is 1. The Kier molecular flexibility index (Phi) is 3.59. The summed E-state index contributed by atoms with van der Waals surface area (Å²) in [7, 11) is 0. The van der Waals surface area contributed by atoms with Crippen molar-refractivity contribution in [1.29, 1.82) is 0 Å². The summed E-state index contributed by atoms with van der Waals surface area (Å²) in [5.41, 5.74) is 0.943. The summed E-state index contributed by atoms with van der Waals surface area (Å²) in [6.45, 7) is 0. The molecule has 1 heterocycles. The van der Waals surface area contributed by atoms with Gasteiger partial charge < -0.3 is 10.4 Å². The first-order valence-electron chi connectivity index (χ1n) is 6.57. The van der Waals surface area contributed by atoms with Gasteiger partial charge in [0, 0.05) is 23.3 Å². The van der Waals surface area contributed by atoms with E-state index < -0.39 is 22.9 Å². The van der Waals surface area contributed by atoms with Gasteiger partial charge in [-0.3, -0.25) is 14.9 Å². The molecule has 2 aromatic carbocycles. The van der Waals surface area contributed by atoms with Gasteiger partial charge in [-0.2, -0.15) is 0 Å². The van der Waals surface area contributed by atoms with Crippen LogP contribution in [0.1, 0.15) is 11.1 Å². The molecule has 0 radical (unpaired) electrons. The summed E-state index contributed by atoms with van der Waals surface area (Å²) in [6.07, 6.45) is -1.67. The maximum absolute atomic E-state index is 13.1. The van der Waals surface area contributed by atoms with Gasteiger partial charge in [0.1, 0.15) is 5.82 Å². The zero-order valence-corrected chi connectivity index (χ0v) is 11.6. The number of non-ortho nitro benzene ring substituents is 1. The van der Waals surface area contributed by atoms with Crippen LogP contribution >= 0.6 is 0 Å². The summed E-state index contributed by atoms with van der Waals surface area (Å²) in [5, 5.41) is 23.2. The number of nitrogens with zero attached hydrogens (tertiary/aromatic N) is 2. The fourth-order valence-corrected chi connectivity index (χ4v) is 2.24. The third-order valence-corrected chi connectivity index (χ3v) is 3.33. The summed E-state index contributed by atoms with van der Waals surface area (Å²) in [6, 6.07) is 9.07.